The minimum absolute atomic E-state index is 0.778. The molecule has 3 heteroatoms. The van der Waals surface area contributed by atoms with Crippen LogP contribution in [-0.2, 0) is 11.2 Å². The lowest BCUT2D eigenvalue weighted by atomic mass is 10.1. The van der Waals surface area contributed by atoms with Gasteiger partial charge in [-0.15, -0.1) is 0 Å². The Morgan fingerprint density at radius 3 is 2.88 bits per heavy atom. The van der Waals surface area contributed by atoms with Gasteiger partial charge in [-0.05, 0) is 37.6 Å². The van der Waals surface area contributed by atoms with Crippen LogP contribution in [0.15, 0.2) is 18.8 Å². The number of rotatable bonds is 7. The topological polar surface area (TPSA) is 25.4 Å². The van der Waals surface area contributed by atoms with Crippen molar-refractivity contribution >= 4 is 6.08 Å². The van der Waals surface area contributed by atoms with Crippen LogP contribution in [0.2, 0.25) is 0 Å². The van der Waals surface area contributed by atoms with Gasteiger partial charge in [-0.25, -0.2) is 0 Å². The maximum Gasteiger partial charge on any atom is 0.0589 e. The van der Waals surface area contributed by atoms with E-state index in [1.54, 1.807) is 7.11 Å². The number of hydrogen-bond acceptors (Lipinski definition) is 3. The highest BCUT2D eigenvalue weighted by atomic mass is 16.5. The Hall–Kier alpha value is -1.19. The number of aromatic nitrogens is 1. The SMILES string of the molecule is C=Cc1cc(CCN(C)CCOC)cnc1C. The summed E-state index contributed by atoms with van der Waals surface area (Å²) in [4.78, 5) is 6.64. The van der Waals surface area contributed by atoms with Gasteiger partial charge >= 0.3 is 0 Å². The Kier molecular flexibility index (Phi) is 5.87. The minimum atomic E-state index is 0.778. The summed E-state index contributed by atoms with van der Waals surface area (Å²) in [7, 11) is 3.84. The lowest BCUT2D eigenvalue weighted by molar-refractivity contribution is 0.162. The average molecular weight is 234 g/mol. The highest BCUT2D eigenvalue weighted by Crippen LogP contribution is 2.10. The number of ether oxygens (including phenoxy) is 1. The Bertz CT molecular complexity index is 363. The summed E-state index contributed by atoms with van der Waals surface area (Å²) in [6.07, 6.45) is 4.82. The molecule has 0 unspecified atom stereocenters. The highest BCUT2D eigenvalue weighted by Gasteiger charge is 2.02. The molecular formula is C14H22N2O. The molecule has 3 nitrogen and oxygen atoms in total. The second-order valence-electron chi connectivity index (χ2n) is 4.27. The van der Waals surface area contributed by atoms with Crippen molar-refractivity contribution in [1.82, 2.24) is 9.88 Å². The molecule has 1 rings (SSSR count). The van der Waals surface area contributed by atoms with Crippen LogP contribution >= 0.6 is 0 Å². The maximum absolute atomic E-state index is 5.05. The zero-order valence-corrected chi connectivity index (χ0v) is 11.1. The third-order valence-electron chi connectivity index (χ3n) is 2.86. The van der Waals surface area contributed by atoms with E-state index in [4.69, 9.17) is 4.74 Å². The molecule has 0 saturated carbocycles. The zero-order chi connectivity index (χ0) is 12.7. The Labute approximate surface area is 104 Å². The first kappa shape index (κ1) is 13.9. The van der Waals surface area contributed by atoms with Crippen molar-refractivity contribution in [2.45, 2.75) is 13.3 Å². The molecule has 0 aliphatic carbocycles. The van der Waals surface area contributed by atoms with E-state index in [2.05, 4.69) is 29.6 Å². The van der Waals surface area contributed by atoms with Gasteiger partial charge in [0.05, 0.1) is 6.61 Å². The summed E-state index contributed by atoms with van der Waals surface area (Å²) in [5.41, 5.74) is 3.42. The fourth-order valence-corrected chi connectivity index (χ4v) is 1.62. The van der Waals surface area contributed by atoms with Crippen LogP contribution in [0.3, 0.4) is 0 Å². The summed E-state index contributed by atoms with van der Waals surface area (Å²) in [6, 6.07) is 2.17. The van der Waals surface area contributed by atoms with Gasteiger partial charge in [0.2, 0.25) is 0 Å². The average Bonchev–Trinajstić information content (AvgIpc) is 2.35. The van der Waals surface area contributed by atoms with E-state index in [0.717, 1.165) is 37.4 Å². The number of hydrogen-bond donors (Lipinski definition) is 0. The van der Waals surface area contributed by atoms with Gasteiger partial charge in [0, 0.05) is 32.1 Å². The number of nitrogens with zero attached hydrogens (tertiary/aromatic N) is 2. The molecule has 1 heterocycles. The molecule has 94 valence electrons. The first-order valence-electron chi connectivity index (χ1n) is 5.92. The van der Waals surface area contributed by atoms with Crippen molar-refractivity contribution in [3.63, 3.8) is 0 Å². The van der Waals surface area contributed by atoms with Gasteiger partial charge in [-0.3, -0.25) is 4.98 Å². The number of methoxy groups -OCH3 is 1. The van der Waals surface area contributed by atoms with Crippen molar-refractivity contribution in [1.29, 1.82) is 0 Å². The molecule has 17 heavy (non-hydrogen) atoms. The molecule has 0 amide bonds. The van der Waals surface area contributed by atoms with Gasteiger partial charge in [0.15, 0.2) is 0 Å². The van der Waals surface area contributed by atoms with Gasteiger partial charge in [-0.2, -0.15) is 0 Å². The maximum atomic E-state index is 5.05. The van der Waals surface area contributed by atoms with Gasteiger partial charge < -0.3 is 9.64 Å². The van der Waals surface area contributed by atoms with Crippen LogP contribution in [0.4, 0.5) is 0 Å². The monoisotopic (exact) mass is 234 g/mol. The quantitative estimate of drug-likeness (QED) is 0.723. The Morgan fingerprint density at radius 2 is 2.24 bits per heavy atom. The molecule has 0 aromatic carbocycles. The van der Waals surface area contributed by atoms with Gasteiger partial charge in [0.25, 0.3) is 0 Å². The molecule has 0 atom stereocenters. The zero-order valence-electron chi connectivity index (χ0n) is 11.1. The first-order valence-corrected chi connectivity index (χ1v) is 5.92. The summed E-state index contributed by atoms with van der Waals surface area (Å²) in [6.45, 7) is 8.57. The minimum Gasteiger partial charge on any atom is -0.383 e. The second kappa shape index (κ2) is 7.20. The Morgan fingerprint density at radius 1 is 1.47 bits per heavy atom. The van der Waals surface area contributed by atoms with E-state index < -0.39 is 0 Å². The van der Waals surface area contributed by atoms with Crippen LogP contribution in [0.5, 0.6) is 0 Å². The summed E-state index contributed by atoms with van der Waals surface area (Å²) < 4.78 is 5.05. The van der Waals surface area contributed by atoms with E-state index in [-0.39, 0.29) is 0 Å². The normalized spacial score (nSPS) is 10.8. The van der Waals surface area contributed by atoms with Crippen LogP contribution < -0.4 is 0 Å². The fraction of sp³-hybridized carbons (Fsp3) is 0.500. The van der Waals surface area contributed by atoms with E-state index in [1.807, 2.05) is 19.2 Å². The smallest absolute Gasteiger partial charge is 0.0589 e. The molecule has 0 saturated heterocycles. The van der Waals surface area contributed by atoms with Crippen LogP contribution in [-0.4, -0.2) is 43.7 Å². The number of pyridine rings is 1. The standard InChI is InChI=1S/C14H22N2O/c1-5-14-10-13(11-15-12(14)2)6-7-16(3)8-9-17-4/h5,10-11H,1,6-9H2,2-4H3. The van der Waals surface area contributed by atoms with E-state index in [0.29, 0.717) is 0 Å². The van der Waals surface area contributed by atoms with Crippen molar-refractivity contribution in [2.75, 3.05) is 33.9 Å². The highest BCUT2D eigenvalue weighted by molar-refractivity contribution is 5.50. The first-order chi connectivity index (χ1) is 8.17. The van der Waals surface area contributed by atoms with Crippen molar-refractivity contribution in [3.8, 4) is 0 Å². The molecule has 0 aliphatic rings. The van der Waals surface area contributed by atoms with Crippen molar-refractivity contribution in [3.05, 3.63) is 35.7 Å². The third-order valence-corrected chi connectivity index (χ3v) is 2.86. The van der Waals surface area contributed by atoms with Gasteiger partial charge in [0.1, 0.15) is 0 Å². The van der Waals surface area contributed by atoms with Crippen LogP contribution in [0.1, 0.15) is 16.8 Å². The molecule has 0 fully saturated rings. The number of likely N-dealkylation sites (N-methyl/N-ethyl adjacent to an activating group) is 1. The summed E-state index contributed by atoms with van der Waals surface area (Å²) >= 11 is 0. The third kappa shape index (κ3) is 4.67. The lowest BCUT2D eigenvalue weighted by Gasteiger charge is -2.15. The predicted octanol–water partition coefficient (Wildman–Crippen LogP) is 2.15. The van der Waals surface area contributed by atoms with E-state index in [1.165, 1.54) is 5.56 Å². The van der Waals surface area contributed by atoms with Crippen LogP contribution in [0, 0.1) is 6.92 Å². The lowest BCUT2D eigenvalue weighted by Crippen LogP contribution is -2.25. The molecule has 0 radical (unpaired) electrons. The van der Waals surface area contributed by atoms with Crippen LogP contribution in [0.25, 0.3) is 6.08 Å². The van der Waals surface area contributed by atoms with Crippen molar-refractivity contribution in [2.24, 2.45) is 0 Å². The Balaban J connectivity index is 2.49. The molecule has 0 spiro atoms. The summed E-state index contributed by atoms with van der Waals surface area (Å²) in [5.74, 6) is 0. The molecule has 0 N–H and O–H groups in total. The largest absolute Gasteiger partial charge is 0.383 e. The molecule has 0 aliphatic heterocycles. The molecular weight excluding hydrogens is 212 g/mol. The fourth-order valence-electron chi connectivity index (χ4n) is 1.62. The molecule has 1 aromatic rings. The molecule has 1 aromatic heterocycles. The summed E-state index contributed by atoms with van der Waals surface area (Å²) in [5, 5.41) is 0. The number of aryl methyl sites for hydroxylation is 1. The van der Waals surface area contributed by atoms with E-state index in [9.17, 15) is 0 Å². The molecule has 0 bridgehead atoms. The van der Waals surface area contributed by atoms with E-state index >= 15 is 0 Å². The second-order valence-corrected chi connectivity index (χ2v) is 4.27. The predicted molar refractivity (Wildman–Crippen MR) is 72.1 cm³/mol. The van der Waals surface area contributed by atoms with Gasteiger partial charge in [-0.1, -0.05) is 12.7 Å². The van der Waals surface area contributed by atoms with Crippen molar-refractivity contribution < 1.29 is 4.74 Å².